The Labute approximate surface area is 138 Å². The SMILES string of the molecule is Nc1ccc(Br)c(-c2nnnn2Cc2ccc(Br)cc2)c1. The van der Waals surface area contributed by atoms with E-state index in [0.29, 0.717) is 18.1 Å². The van der Waals surface area contributed by atoms with E-state index < -0.39 is 0 Å². The van der Waals surface area contributed by atoms with Crippen molar-refractivity contribution in [2.24, 2.45) is 0 Å². The van der Waals surface area contributed by atoms with Crippen molar-refractivity contribution >= 4 is 37.5 Å². The Morgan fingerprint density at radius 2 is 1.81 bits per heavy atom. The molecule has 0 bridgehead atoms. The van der Waals surface area contributed by atoms with Gasteiger partial charge < -0.3 is 5.73 Å². The van der Waals surface area contributed by atoms with Crippen molar-refractivity contribution in [1.29, 1.82) is 0 Å². The average molecular weight is 409 g/mol. The monoisotopic (exact) mass is 407 g/mol. The molecule has 0 aliphatic heterocycles. The van der Waals surface area contributed by atoms with E-state index in [9.17, 15) is 0 Å². The van der Waals surface area contributed by atoms with Gasteiger partial charge in [-0.05, 0) is 46.3 Å². The smallest absolute Gasteiger partial charge is 0.183 e. The number of aromatic nitrogens is 4. The van der Waals surface area contributed by atoms with Crippen LogP contribution in [0.1, 0.15) is 5.56 Å². The summed E-state index contributed by atoms with van der Waals surface area (Å²) in [5.41, 5.74) is 8.51. The first kappa shape index (κ1) is 14.2. The van der Waals surface area contributed by atoms with E-state index in [2.05, 4.69) is 47.4 Å². The van der Waals surface area contributed by atoms with Gasteiger partial charge in [0.15, 0.2) is 5.82 Å². The standard InChI is InChI=1S/C14H11Br2N5/c15-10-3-1-9(2-4-10)8-21-14(18-19-20-21)12-7-11(17)5-6-13(12)16/h1-7H,8,17H2. The summed E-state index contributed by atoms with van der Waals surface area (Å²) in [6.07, 6.45) is 0. The largest absolute Gasteiger partial charge is 0.399 e. The van der Waals surface area contributed by atoms with Crippen molar-refractivity contribution in [3.63, 3.8) is 0 Å². The minimum Gasteiger partial charge on any atom is -0.399 e. The second-order valence-electron chi connectivity index (χ2n) is 4.53. The lowest BCUT2D eigenvalue weighted by Crippen LogP contribution is -2.05. The molecule has 0 fully saturated rings. The summed E-state index contributed by atoms with van der Waals surface area (Å²) < 4.78 is 3.70. The van der Waals surface area contributed by atoms with E-state index in [1.807, 2.05) is 42.5 Å². The fraction of sp³-hybridized carbons (Fsp3) is 0.0714. The third-order valence-electron chi connectivity index (χ3n) is 3.01. The topological polar surface area (TPSA) is 69.6 Å². The van der Waals surface area contributed by atoms with Gasteiger partial charge in [0, 0.05) is 20.2 Å². The van der Waals surface area contributed by atoms with Crippen molar-refractivity contribution in [1.82, 2.24) is 20.2 Å². The summed E-state index contributed by atoms with van der Waals surface area (Å²) in [6, 6.07) is 13.6. The van der Waals surface area contributed by atoms with Crippen molar-refractivity contribution in [2.45, 2.75) is 6.54 Å². The van der Waals surface area contributed by atoms with Crippen LogP contribution in [-0.4, -0.2) is 20.2 Å². The number of anilines is 1. The number of halogens is 2. The highest BCUT2D eigenvalue weighted by molar-refractivity contribution is 9.10. The molecular formula is C14H11Br2N5. The molecule has 106 valence electrons. The molecule has 0 saturated heterocycles. The van der Waals surface area contributed by atoms with Crippen LogP contribution in [0.15, 0.2) is 51.4 Å². The Hall–Kier alpha value is -1.73. The first-order chi connectivity index (χ1) is 10.1. The lowest BCUT2D eigenvalue weighted by atomic mass is 10.2. The predicted molar refractivity (Wildman–Crippen MR) is 88.6 cm³/mol. The number of nitrogens with zero attached hydrogens (tertiary/aromatic N) is 4. The highest BCUT2D eigenvalue weighted by Gasteiger charge is 2.13. The fourth-order valence-electron chi connectivity index (χ4n) is 1.98. The van der Waals surface area contributed by atoms with E-state index >= 15 is 0 Å². The van der Waals surface area contributed by atoms with Crippen LogP contribution in [0.25, 0.3) is 11.4 Å². The Balaban J connectivity index is 1.97. The average Bonchev–Trinajstić information content (AvgIpc) is 2.92. The normalized spacial score (nSPS) is 10.8. The molecule has 0 aliphatic rings. The number of hydrogen-bond acceptors (Lipinski definition) is 4. The van der Waals surface area contributed by atoms with Crippen LogP contribution in [-0.2, 0) is 6.54 Å². The second kappa shape index (κ2) is 5.95. The van der Waals surface area contributed by atoms with E-state index in [1.165, 1.54) is 0 Å². The van der Waals surface area contributed by atoms with Gasteiger partial charge in [-0.2, -0.15) is 0 Å². The predicted octanol–water partition coefficient (Wildman–Crippen LogP) is 3.50. The number of rotatable bonds is 3. The summed E-state index contributed by atoms with van der Waals surface area (Å²) in [6.45, 7) is 0.594. The van der Waals surface area contributed by atoms with Crippen molar-refractivity contribution in [3.8, 4) is 11.4 Å². The number of nitrogen functional groups attached to an aromatic ring is 1. The molecule has 0 aliphatic carbocycles. The summed E-state index contributed by atoms with van der Waals surface area (Å²) in [5.74, 6) is 0.678. The molecule has 7 heteroatoms. The van der Waals surface area contributed by atoms with Crippen LogP contribution >= 0.6 is 31.9 Å². The molecule has 0 atom stereocenters. The third kappa shape index (κ3) is 3.14. The molecule has 5 nitrogen and oxygen atoms in total. The highest BCUT2D eigenvalue weighted by Crippen LogP contribution is 2.28. The summed E-state index contributed by atoms with van der Waals surface area (Å²) in [5, 5.41) is 11.9. The van der Waals surface area contributed by atoms with Gasteiger partial charge in [0.2, 0.25) is 0 Å². The maximum Gasteiger partial charge on any atom is 0.183 e. The summed E-state index contributed by atoms with van der Waals surface area (Å²) in [4.78, 5) is 0. The van der Waals surface area contributed by atoms with Gasteiger partial charge in [0.1, 0.15) is 0 Å². The molecule has 3 rings (SSSR count). The molecule has 1 aromatic heterocycles. The van der Waals surface area contributed by atoms with E-state index in [4.69, 9.17) is 5.73 Å². The number of tetrazole rings is 1. The van der Waals surface area contributed by atoms with Gasteiger partial charge in [-0.15, -0.1) is 5.10 Å². The lowest BCUT2D eigenvalue weighted by molar-refractivity contribution is 0.653. The third-order valence-corrected chi connectivity index (χ3v) is 4.23. The van der Waals surface area contributed by atoms with Crippen LogP contribution in [0.5, 0.6) is 0 Å². The van der Waals surface area contributed by atoms with E-state index in [-0.39, 0.29) is 0 Å². The maximum atomic E-state index is 5.85. The van der Waals surface area contributed by atoms with Crippen LogP contribution in [0.4, 0.5) is 5.69 Å². The Morgan fingerprint density at radius 3 is 2.57 bits per heavy atom. The van der Waals surface area contributed by atoms with Gasteiger partial charge in [0.05, 0.1) is 6.54 Å². The van der Waals surface area contributed by atoms with Crippen LogP contribution in [0, 0.1) is 0 Å². The summed E-state index contributed by atoms with van der Waals surface area (Å²) in [7, 11) is 0. The maximum absolute atomic E-state index is 5.85. The number of hydrogen-bond donors (Lipinski definition) is 1. The molecular weight excluding hydrogens is 398 g/mol. The molecule has 2 aromatic carbocycles. The van der Waals surface area contributed by atoms with Crippen molar-refractivity contribution < 1.29 is 0 Å². The fourth-order valence-corrected chi connectivity index (χ4v) is 2.67. The van der Waals surface area contributed by atoms with E-state index in [1.54, 1.807) is 4.68 Å². The number of nitrogens with two attached hydrogens (primary N) is 1. The molecule has 3 aromatic rings. The first-order valence-electron chi connectivity index (χ1n) is 6.19. The van der Waals surface area contributed by atoms with Gasteiger partial charge in [-0.1, -0.05) is 44.0 Å². The molecule has 0 spiro atoms. The zero-order chi connectivity index (χ0) is 14.8. The summed E-state index contributed by atoms with van der Waals surface area (Å²) >= 11 is 6.94. The van der Waals surface area contributed by atoms with Crippen LogP contribution < -0.4 is 5.73 Å². The molecule has 0 amide bonds. The molecule has 1 heterocycles. The van der Waals surface area contributed by atoms with Crippen molar-refractivity contribution in [2.75, 3.05) is 5.73 Å². The second-order valence-corrected chi connectivity index (χ2v) is 6.30. The van der Waals surface area contributed by atoms with E-state index in [0.717, 1.165) is 20.1 Å². The zero-order valence-electron chi connectivity index (χ0n) is 10.9. The highest BCUT2D eigenvalue weighted by atomic mass is 79.9. The minimum absolute atomic E-state index is 0.594. The van der Waals surface area contributed by atoms with Crippen LogP contribution in [0.3, 0.4) is 0 Å². The van der Waals surface area contributed by atoms with Crippen LogP contribution in [0.2, 0.25) is 0 Å². The lowest BCUT2D eigenvalue weighted by Gasteiger charge is -2.07. The molecule has 0 unspecified atom stereocenters. The minimum atomic E-state index is 0.594. The van der Waals surface area contributed by atoms with Gasteiger partial charge in [-0.25, -0.2) is 4.68 Å². The molecule has 0 saturated carbocycles. The van der Waals surface area contributed by atoms with Crippen molar-refractivity contribution in [3.05, 3.63) is 57.0 Å². The van der Waals surface area contributed by atoms with Gasteiger partial charge in [0.25, 0.3) is 0 Å². The zero-order valence-corrected chi connectivity index (χ0v) is 14.0. The Morgan fingerprint density at radius 1 is 1.05 bits per heavy atom. The molecule has 21 heavy (non-hydrogen) atoms. The molecule has 0 radical (unpaired) electrons. The van der Waals surface area contributed by atoms with Gasteiger partial charge in [-0.3, -0.25) is 0 Å². The number of benzene rings is 2. The molecule has 2 N–H and O–H groups in total. The Bertz CT molecular complexity index is 767. The Kier molecular flexibility index (Phi) is 4.03. The first-order valence-corrected chi connectivity index (χ1v) is 7.78. The quantitative estimate of drug-likeness (QED) is 0.673. The van der Waals surface area contributed by atoms with Gasteiger partial charge >= 0.3 is 0 Å².